The Morgan fingerprint density at radius 2 is 1.39 bits per heavy atom. The fraction of sp³-hybridized carbons (Fsp3) is 0.348. The smallest absolute Gasteiger partial charge is 0.337 e. The zero-order valence-electron chi connectivity index (χ0n) is 19.0. The summed E-state index contributed by atoms with van der Waals surface area (Å²) < 4.78 is 20.2. The summed E-state index contributed by atoms with van der Waals surface area (Å²) >= 11 is 0. The van der Waals surface area contributed by atoms with Crippen LogP contribution in [0.2, 0.25) is 0 Å². The molecule has 0 unspecified atom stereocenters. The van der Waals surface area contributed by atoms with E-state index in [4.69, 9.17) is 18.9 Å². The normalized spacial score (nSPS) is 13.2. The lowest BCUT2D eigenvalue weighted by Crippen LogP contribution is -2.50. The van der Waals surface area contributed by atoms with Gasteiger partial charge in [0.2, 0.25) is 0 Å². The van der Waals surface area contributed by atoms with E-state index in [2.05, 4.69) is 10.2 Å². The molecule has 1 aliphatic rings. The first-order valence-corrected chi connectivity index (χ1v) is 10.2. The Kier molecular flexibility index (Phi) is 7.60. The average Bonchev–Trinajstić information content (AvgIpc) is 2.87. The summed E-state index contributed by atoms with van der Waals surface area (Å²) in [7, 11) is 5.68. The Morgan fingerprint density at radius 1 is 0.788 bits per heavy atom. The zero-order chi connectivity index (χ0) is 24.0. The molecule has 0 bridgehead atoms. The maximum absolute atomic E-state index is 12.8. The third kappa shape index (κ3) is 5.46. The van der Waals surface area contributed by atoms with Crippen molar-refractivity contribution in [3.63, 3.8) is 0 Å². The van der Waals surface area contributed by atoms with E-state index in [9.17, 15) is 14.4 Å². The molecule has 33 heavy (non-hydrogen) atoms. The van der Waals surface area contributed by atoms with Crippen molar-refractivity contribution < 1.29 is 33.3 Å². The second-order valence-corrected chi connectivity index (χ2v) is 7.22. The second kappa shape index (κ2) is 10.6. The summed E-state index contributed by atoms with van der Waals surface area (Å²) in [4.78, 5) is 40.6. The molecule has 1 fully saturated rings. The minimum atomic E-state index is -0.627. The lowest BCUT2D eigenvalue weighted by Gasteiger charge is -2.36. The molecule has 1 aliphatic heterocycles. The monoisotopic (exact) mass is 457 g/mol. The summed E-state index contributed by atoms with van der Waals surface area (Å²) in [6.07, 6.45) is 0. The number of esters is 2. The lowest BCUT2D eigenvalue weighted by atomic mass is 10.1. The van der Waals surface area contributed by atoms with Crippen LogP contribution in [0.25, 0.3) is 0 Å². The average molecular weight is 457 g/mol. The molecule has 0 atom stereocenters. The molecule has 0 radical (unpaired) electrons. The van der Waals surface area contributed by atoms with Crippen LogP contribution in [0.1, 0.15) is 20.7 Å². The highest BCUT2D eigenvalue weighted by molar-refractivity contribution is 5.99. The number of hydrogen-bond donors (Lipinski definition) is 1. The van der Waals surface area contributed by atoms with Crippen molar-refractivity contribution >= 4 is 29.3 Å². The number of methoxy groups -OCH3 is 4. The van der Waals surface area contributed by atoms with Crippen molar-refractivity contribution in [2.45, 2.75) is 0 Å². The number of urea groups is 1. The largest absolute Gasteiger partial charge is 0.497 e. The number of ether oxygens (including phenoxy) is 4. The fourth-order valence-electron chi connectivity index (χ4n) is 3.57. The molecule has 2 amide bonds. The zero-order valence-corrected chi connectivity index (χ0v) is 19.0. The van der Waals surface area contributed by atoms with Gasteiger partial charge in [0.25, 0.3) is 0 Å². The summed E-state index contributed by atoms with van der Waals surface area (Å²) in [6.45, 7) is 2.15. The Hall–Kier alpha value is -3.95. The topological polar surface area (TPSA) is 107 Å². The van der Waals surface area contributed by atoms with Crippen molar-refractivity contribution in [3.8, 4) is 11.5 Å². The standard InChI is InChI=1S/C23H27N3O7/c1-30-18-5-6-19(20(14-18)31-2)25-7-9-26(10-8-25)23(29)24-17-12-15(21(27)32-3)11-16(13-17)22(28)33-4/h5-6,11-14H,7-10H2,1-4H3,(H,24,29). The van der Waals surface area contributed by atoms with Crippen molar-refractivity contribution in [2.24, 2.45) is 0 Å². The number of rotatable bonds is 6. The Morgan fingerprint density at radius 3 is 1.91 bits per heavy atom. The van der Waals surface area contributed by atoms with E-state index in [1.807, 2.05) is 18.2 Å². The van der Waals surface area contributed by atoms with Gasteiger partial charge in [-0.05, 0) is 30.3 Å². The molecule has 0 aromatic heterocycles. The first-order valence-electron chi connectivity index (χ1n) is 10.2. The number of nitrogens with one attached hydrogen (secondary N) is 1. The van der Waals surface area contributed by atoms with Gasteiger partial charge in [0.1, 0.15) is 11.5 Å². The maximum atomic E-state index is 12.8. The quantitative estimate of drug-likeness (QED) is 0.660. The van der Waals surface area contributed by atoms with Crippen LogP contribution in [-0.2, 0) is 9.47 Å². The number of anilines is 2. The second-order valence-electron chi connectivity index (χ2n) is 7.22. The Balaban J connectivity index is 1.69. The van der Waals surface area contributed by atoms with Gasteiger partial charge >= 0.3 is 18.0 Å². The van der Waals surface area contributed by atoms with Crippen molar-refractivity contribution in [3.05, 3.63) is 47.5 Å². The van der Waals surface area contributed by atoms with Gasteiger partial charge in [0, 0.05) is 37.9 Å². The van der Waals surface area contributed by atoms with Crippen molar-refractivity contribution in [2.75, 3.05) is 64.8 Å². The van der Waals surface area contributed by atoms with Crippen LogP contribution in [0, 0.1) is 0 Å². The third-order valence-electron chi connectivity index (χ3n) is 5.32. The minimum absolute atomic E-state index is 0.132. The van der Waals surface area contributed by atoms with E-state index in [1.165, 1.54) is 32.4 Å². The minimum Gasteiger partial charge on any atom is -0.497 e. The van der Waals surface area contributed by atoms with E-state index in [0.29, 0.717) is 43.4 Å². The summed E-state index contributed by atoms with van der Waals surface area (Å²) in [5, 5.41) is 2.75. The lowest BCUT2D eigenvalue weighted by molar-refractivity contribution is 0.0599. The Bertz CT molecular complexity index is 998. The number of piperazine rings is 1. The molecule has 10 heteroatoms. The molecule has 1 N–H and O–H groups in total. The van der Waals surface area contributed by atoms with Crippen LogP contribution in [-0.4, -0.2) is 77.5 Å². The van der Waals surface area contributed by atoms with E-state index in [1.54, 1.807) is 19.1 Å². The first kappa shape index (κ1) is 23.7. The number of carbonyl (C=O) groups excluding carboxylic acids is 3. The number of nitrogens with zero attached hydrogens (tertiary/aromatic N) is 2. The molecule has 0 saturated carbocycles. The maximum Gasteiger partial charge on any atom is 0.337 e. The van der Waals surface area contributed by atoms with Gasteiger partial charge in [-0.2, -0.15) is 0 Å². The Labute approximate surface area is 192 Å². The predicted octanol–water partition coefficient (Wildman–Crippen LogP) is 2.63. The molecule has 10 nitrogen and oxygen atoms in total. The van der Waals surface area contributed by atoms with Gasteiger partial charge in [-0.15, -0.1) is 0 Å². The SMILES string of the molecule is COC(=O)c1cc(NC(=O)N2CCN(c3ccc(OC)cc3OC)CC2)cc(C(=O)OC)c1. The third-order valence-corrected chi connectivity index (χ3v) is 5.32. The van der Waals surface area contributed by atoms with Crippen molar-refractivity contribution in [1.82, 2.24) is 4.90 Å². The van der Waals surface area contributed by atoms with Gasteiger partial charge in [-0.25, -0.2) is 14.4 Å². The van der Waals surface area contributed by atoms with E-state index in [-0.39, 0.29) is 17.2 Å². The summed E-state index contributed by atoms with van der Waals surface area (Å²) in [5.41, 5.74) is 1.48. The molecule has 0 spiro atoms. The molecule has 176 valence electrons. The van der Waals surface area contributed by atoms with Crippen molar-refractivity contribution in [1.29, 1.82) is 0 Å². The van der Waals surface area contributed by atoms with Crippen LogP contribution in [0.15, 0.2) is 36.4 Å². The summed E-state index contributed by atoms with van der Waals surface area (Å²) in [6, 6.07) is 9.54. The molecular weight excluding hydrogens is 430 g/mol. The number of amides is 2. The molecular formula is C23H27N3O7. The first-order chi connectivity index (χ1) is 15.9. The highest BCUT2D eigenvalue weighted by atomic mass is 16.5. The van der Waals surface area contributed by atoms with Gasteiger partial charge in [0.05, 0.1) is 45.3 Å². The van der Waals surface area contributed by atoms with Crippen LogP contribution in [0.4, 0.5) is 16.2 Å². The van der Waals surface area contributed by atoms with Crippen LogP contribution in [0.5, 0.6) is 11.5 Å². The molecule has 2 aromatic carbocycles. The van der Waals surface area contributed by atoms with Crippen LogP contribution in [0.3, 0.4) is 0 Å². The fourth-order valence-corrected chi connectivity index (χ4v) is 3.57. The molecule has 1 heterocycles. The molecule has 1 saturated heterocycles. The summed E-state index contributed by atoms with van der Waals surface area (Å²) in [5.74, 6) is 0.146. The van der Waals surface area contributed by atoms with Gasteiger partial charge in [-0.3, -0.25) is 0 Å². The van der Waals surface area contributed by atoms with E-state index < -0.39 is 11.9 Å². The van der Waals surface area contributed by atoms with Crippen LogP contribution >= 0.6 is 0 Å². The van der Waals surface area contributed by atoms with Crippen LogP contribution < -0.4 is 19.7 Å². The molecule has 0 aliphatic carbocycles. The van der Waals surface area contributed by atoms with Gasteiger partial charge < -0.3 is 34.1 Å². The number of benzene rings is 2. The van der Waals surface area contributed by atoms with E-state index >= 15 is 0 Å². The number of hydrogen-bond acceptors (Lipinski definition) is 8. The molecule has 3 rings (SSSR count). The van der Waals surface area contributed by atoms with E-state index in [0.717, 1.165) is 5.69 Å². The highest BCUT2D eigenvalue weighted by Crippen LogP contribution is 2.32. The van der Waals surface area contributed by atoms with Gasteiger partial charge in [0.15, 0.2) is 0 Å². The van der Waals surface area contributed by atoms with Gasteiger partial charge in [-0.1, -0.05) is 0 Å². The number of carbonyl (C=O) groups is 3. The highest BCUT2D eigenvalue weighted by Gasteiger charge is 2.24. The molecule has 2 aromatic rings. The predicted molar refractivity (Wildman–Crippen MR) is 121 cm³/mol.